The summed E-state index contributed by atoms with van der Waals surface area (Å²) < 4.78 is 10.6. The smallest absolute Gasteiger partial charge is 0.262 e. The quantitative estimate of drug-likeness (QED) is 0.833. The molecule has 2 aromatic rings. The summed E-state index contributed by atoms with van der Waals surface area (Å²) >= 11 is 0. The van der Waals surface area contributed by atoms with E-state index >= 15 is 0 Å². The van der Waals surface area contributed by atoms with Crippen molar-refractivity contribution in [2.75, 3.05) is 19.0 Å². The molecule has 2 aromatic carbocycles. The summed E-state index contributed by atoms with van der Waals surface area (Å²) in [5, 5.41) is 2.74. The van der Waals surface area contributed by atoms with E-state index in [9.17, 15) is 9.59 Å². The number of benzene rings is 2. The van der Waals surface area contributed by atoms with Crippen LogP contribution in [-0.2, 0) is 4.79 Å². The van der Waals surface area contributed by atoms with Gasteiger partial charge < -0.3 is 14.8 Å². The van der Waals surface area contributed by atoms with Gasteiger partial charge in [-0.1, -0.05) is 17.7 Å². The van der Waals surface area contributed by atoms with Gasteiger partial charge in [-0.25, -0.2) is 0 Å². The maximum atomic E-state index is 11.9. The number of hydrogen-bond acceptors (Lipinski definition) is 4. The molecule has 0 spiro atoms. The molecule has 5 nitrogen and oxygen atoms in total. The van der Waals surface area contributed by atoms with Crippen LogP contribution in [-0.4, -0.2) is 25.9 Å². The summed E-state index contributed by atoms with van der Waals surface area (Å²) in [5.74, 6) is 0.547. The first-order chi connectivity index (χ1) is 10.6. The van der Waals surface area contributed by atoms with Gasteiger partial charge in [0.1, 0.15) is 6.29 Å². The maximum absolute atomic E-state index is 11.9. The highest BCUT2D eigenvalue weighted by Gasteiger charge is 2.09. The van der Waals surface area contributed by atoms with Crippen molar-refractivity contribution in [3.63, 3.8) is 0 Å². The van der Waals surface area contributed by atoms with Gasteiger partial charge in [-0.3, -0.25) is 9.59 Å². The van der Waals surface area contributed by atoms with Gasteiger partial charge >= 0.3 is 0 Å². The van der Waals surface area contributed by atoms with Crippen LogP contribution in [0.2, 0.25) is 0 Å². The van der Waals surface area contributed by atoms with Gasteiger partial charge in [-0.05, 0) is 37.3 Å². The number of aldehydes is 1. The number of nitrogens with one attached hydrogen (secondary N) is 1. The predicted molar refractivity (Wildman–Crippen MR) is 83.7 cm³/mol. The van der Waals surface area contributed by atoms with E-state index in [1.54, 1.807) is 18.2 Å². The fraction of sp³-hybridized carbons (Fsp3) is 0.176. The highest BCUT2D eigenvalue weighted by molar-refractivity contribution is 5.91. The van der Waals surface area contributed by atoms with E-state index in [4.69, 9.17) is 9.47 Å². The molecule has 22 heavy (non-hydrogen) atoms. The Morgan fingerprint density at radius 2 is 1.86 bits per heavy atom. The Labute approximate surface area is 128 Å². The van der Waals surface area contributed by atoms with E-state index in [1.807, 2.05) is 31.2 Å². The zero-order chi connectivity index (χ0) is 15.9. The summed E-state index contributed by atoms with van der Waals surface area (Å²) in [5.41, 5.74) is 2.31. The molecular formula is C17H17NO4. The second kappa shape index (κ2) is 7.26. The third kappa shape index (κ3) is 4.09. The molecular weight excluding hydrogens is 282 g/mol. The van der Waals surface area contributed by atoms with Crippen LogP contribution in [0.3, 0.4) is 0 Å². The van der Waals surface area contributed by atoms with Crippen LogP contribution in [0.1, 0.15) is 15.9 Å². The van der Waals surface area contributed by atoms with Crippen LogP contribution in [0.4, 0.5) is 5.69 Å². The summed E-state index contributed by atoms with van der Waals surface area (Å²) in [4.78, 5) is 22.6. The second-order valence-electron chi connectivity index (χ2n) is 4.73. The molecule has 5 heteroatoms. The lowest BCUT2D eigenvalue weighted by Crippen LogP contribution is -2.20. The van der Waals surface area contributed by atoms with Crippen molar-refractivity contribution < 1.29 is 19.1 Å². The van der Waals surface area contributed by atoms with Gasteiger partial charge in [0.05, 0.1) is 7.11 Å². The highest BCUT2D eigenvalue weighted by Crippen LogP contribution is 2.27. The van der Waals surface area contributed by atoms with Crippen LogP contribution in [0.25, 0.3) is 0 Å². The largest absolute Gasteiger partial charge is 0.493 e. The van der Waals surface area contributed by atoms with Gasteiger partial charge in [0.15, 0.2) is 18.1 Å². The molecule has 1 amide bonds. The molecule has 2 rings (SSSR count). The monoisotopic (exact) mass is 299 g/mol. The van der Waals surface area contributed by atoms with Crippen LogP contribution >= 0.6 is 0 Å². The number of anilines is 1. The topological polar surface area (TPSA) is 64.6 Å². The Hall–Kier alpha value is -2.82. The molecule has 0 atom stereocenters. The third-order valence-electron chi connectivity index (χ3n) is 3.02. The van der Waals surface area contributed by atoms with E-state index in [0.29, 0.717) is 22.7 Å². The van der Waals surface area contributed by atoms with Crippen molar-refractivity contribution in [2.45, 2.75) is 6.92 Å². The molecule has 0 saturated heterocycles. The minimum absolute atomic E-state index is 0.148. The van der Waals surface area contributed by atoms with E-state index in [2.05, 4.69) is 5.32 Å². The van der Waals surface area contributed by atoms with E-state index in [-0.39, 0.29) is 12.5 Å². The van der Waals surface area contributed by atoms with E-state index < -0.39 is 0 Å². The van der Waals surface area contributed by atoms with Gasteiger partial charge in [0, 0.05) is 11.3 Å². The SMILES string of the molecule is COc1cc(C=O)ccc1OCC(=O)Nc1ccc(C)cc1. The third-order valence-corrected chi connectivity index (χ3v) is 3.02. The number of rotatable bonds is 6. The standard InChI is InChI=1S/C17H17NO4/c1-12-3-6-14(7-4-12)18-17(20)11-22-15-8-5-13(10-19)9-16(15)21-2/h3-10H,11H2,1-2H3,(H,18,20). The zero-order valence-electron chi connectivity index (χ0n) is 12.5. The number of amides is 1. The van der Waals surface area contributed by atoms with Gasteiger partial charge in [0.25, 0.3) is 5.91 Å². The first-order valence-corrected chi connectivity index (χ1v) is 6.75. The molecule has 0 fully saturated rings. The average Bonchev–Trinajstić information content (AvgIpc) is 2.55. The Morgan fingerprint density at radius 3 is 2.50 bits per heavy atom. The highest BCUT2D eigenvalue weighted by atomic mass is 16.5. The fourth-order valence-electron chi connectivity index (χ4n) is 1.85. The molecule has 0 heterocycles. The minimum Gasteiger partial charge on any atom is -0.493 e. The molecule has 0 aliphatic heterocycles. The Bertz CT molecular complexity index is 665. The zero-order valence-corrected chi connectivity index (χ0v) is 12.5. The molecule has 0 bridgehead atoms. The molecule has 0 radical (unpaired) electrons. The number of carbonyl (C=O) groups is 2. The molecule has 0 unspecified atom stereocenters. The lowest BCUT2D eigenvalue weighted by molar-refractivity contribution is -0.118. The van der Waals surface area contributed by atoms with Crippen molar-refractivity contribution in [1.29, 1.82) is 0 Å². The van der Waals surface area contributed by atoms with Crippen molar-refractivity contribution in [2.24, 2.45) is 0 Å². The van der Waals surface area contributed by atoms with Crippen molar-refractivity contribution in [3.8, 4) is 11.5 Å². The Balaban J connectivity index is 1.96. The lowest BCUT2D eigenvalue weighted by atomic mass is 10.2. The van der Waals surface area contributed by atoms with Crippen LogP contribution in [0.15, 0.2) is 42.5 Å². The van der Waals surface area contributed by atoms with Crippen LogP contribution in [0.5, 0.6) is 11.5 Å². The fourth-order valence-corrected chi connectivity index (χ4v) is 1.85. The van der Waals surface area contributed by atoms with Crippen LogP contribution < -0.4 is 14.8 Å². The predicted octanol–water partition coefficient (Wildman–Crippen LogP) is 2.83. The summed E-state index contributed by atoms with van der Waals surface area (Å²) in [7, 11) is 1.48. The second-order valence-corrected chi connectivity index (χ2v) is 4.73. The number of methoxy groups -OCH3 is 1. The van der Waals surface area contributed by atoms with Gasteiger partial charge in [-0.15, -0.1) is 0 Å². The molecule has 1 N–H and O–H groups in total. The molecule has 0 aromatic heterocycles. The average molecular weight is 299 g/mol. The van der Waals surface area contributed by atoms with E-state index in [1.165, 1.54) is 7.11 Å². The number of ether oxygens (including phenoxy) is 2. The first-order valence-electron chi connectivity index (χ1n) is 6.75. The van der Waals surface area contributed by atoms with Gasteiger partial charge in [-0.2, -0.15) is 0 Å². The maximum Gasteiger partial charge on any atom is 0.262 e. The number of aryl methyl sites for hydroxylation is 1. The molecule has 0 saturated carbocycles. The number of hydrogen-bond donors (Lipinski definition) is 1. The molecule has 0 aliphatic rings. The summed E-state index contributed by atoms with van der Waals surface area (Å²) in [6.45, 7) is 1.83. The molecule has 0 aliphatic carbocycles. The van der Waals surface area contributed by atoms with Crippen molar-refractivity contribution in [3.05, 3.63) is 53.6 Å². The van der Waals surface area contributed by atoms with Crippen molar-refractivity contribution in [1.82, 2.24) is 0 Å². The summed E-state index contributed by atoms with van der Waals surface area (Å²) in [6.07, 6.45) is 0.719. The minimum atomic E-state index is -0.273. The van der Waals surface area contributed by atoms with Gasteiger partial charge in [0.2, 0.25) is 0 Å². The number of carbonyl (C=O) groups excluding carboxylic acids is 2. The van der Waals surface area contributed by atoms with E-state index in [0.717, 1.165) is 11.8 Å². The first kappa shape index (κ1) is 15.6. The van der Waals surface area contributed by atoms with Crippen LogP contribution in [0, 0.1) is 6.92 Å². The lowest BCUT2D eigenvalue weighted by Gasteiger charge is -2.11. The Morgan fingerprint density at radius 1 is 1.14 bits per heavy atom. The van der Waals surface area contributed by atoms with Crippen molar-refractivity contribution >= 4 is 17.9 Å². The molecule has 114 valence electrons. The summed E-state index contributed by atoms with van der Waals surface area (Å²) in [6, 6.07) is 12.2. The normalized spacial score (nSPS) is 9.91. The Kier molecular flexibility index (Phi) is 5.14.